The maximum absolute atomic E-state index is 11.3. The number of aromatic nitrogens is 2. The third kappa shape index (κ3) is 1.51. The second kappa shape index (κ2) is 3.81. The summed E-state index contributed by atoms with van der Waals surface area (Å²) in [6.07, 6.45) is 2.58. The Morgan fingerprint density at radius 2 is 2.39 bits per heavy atom. The van der Waals surface area contributed by atoms with Crippen molar-refractivity contribution in [3.8, 4) is 0 Å². The van der Waals surface area contributed by atoms with Crippen molar-refractivity contribution in [2.24, 2.45) is 0 Å². The number of fused-ring (bicyclic) bond motifs is 1. The first-order valence-corrected chi connectivity index (χ1v) is 5.89. The van der Waals surface area contributed by atoms with Gasteiger partial charge in [0.1, 0.15) is 0 Å². The Morgan fingerprint density at radius 1 is 1.56 bits per heavy atom. The van der Waals surface area contributed by atoms with Gasteiger partial charge in [0.15, 0.2) is 0 Å². The second-order valence-corrected chi connectivity index (χ2v) is 4.89. The third-order valence-electron chi connectivity index (χ3n) is 3.58. The molecule has 0 radical (unpaired) electrons. The van der Waals surface area contributed by atoms with E-state index in [9.17, 15) is 9.90 Å². The predicted molar refractivity (Wildman–Crippen MR) is 65.8 cm³/mol. The standard InChI is InChI=1S/C13H14N2O3/c1-13(5-6-18-7-13)15-8-14-10-4-2-3-9(11(10)15)12(16)17/h2-4,8H,5-7H2,1H3,(H,16,17). The highest BCUT2D eigenvalue weighted by Gasteiger charge is 2.33. The molecule has 5 heteroatoms. The molecule has 1 fully saturated rings. The summed E-state index contributed by atoms with van der Waals surface area (Å²) in [4.78, 5) is 15.6. The van der Waals surface area contributed by atoms with E-state index in [0.717, 1.165) is 6.42 Å². The van der Waals surface area contributed by atoms with Gasteiger partial charge in [0.25, 0.3) is 0 Å². The Labute approximate surface area is 104 Å². The Hall–Kier alpha value is -1.88. The number of carboxylic acids is 1. The molecule has 3 rings (SSSR count). The van der Waals surface area contributed by atoms with Gasteiger partial charge in [0.2, 0.25) is 0 Å². The molecule has 1 unspecified atom stereocenters. The van der Waals surface area contributed by atoms with Crippen LogP contribution in [0.1, 0.15) is 23.7 Å². The van der Waals surface area contributed by atoms with Crippen molar-refractivity contribution in [1.82, 2.24) is 9.55 Å². The van der Waals surface area contributed by atoms with E-state index in [1.807, 2.05) is 10.6 Å². The highest BCUT2D eigenvalue weighted by molar-refractivity contribution is 6.01. The number of imidazole rings is 1. The minimum absolute atomic E-state index is 0.208. The molecule has 2 heterocycles. The van der Waals surface area contributed by atoms with Gasteiger partial charge in [-0.2, -0.15) is 0 Å². The van der Waals surface area contributed by atoms with Crippen molar-refractivity contribution in [2.75, 3.05) is 13.2 Å². The number of nitrogens with zero attached hydrogens (tertiary/aromatic N) is 2. The summed E-state index contributed by atoms with van der Waals surface area (Å²) < 4.78 is 7.38. The lowest BCUT2D eigenvalue weighted by Gasteiger charge is -2.25. The van der Waals surface area contributed by atoms with Crippen LogP contribution in [0.15, 0.2) is 24.5 Å². The third-order valence-corrected chi connectivity index (χ3v) is 3.58. The van der Waals surface area contributed by atoms with E-state index < -0.39 is 5.97 Å². The van der Waals surface area contributed by atoms with Crippen molar-refractivity contribution < 1.29 is 14.6 Å². The molecule has 1 aliphatic heterocycles. The van der Waals surface area contributed by atoms with E-state index in [-0.39, 0.29) is 11.1 Å². The van der Waals surface area contributed by atoms with Gasteiger partial charge in [-0.05, 0) is 25.5 Å². The molecule has 1 atom stereocenters. The van der Waals surface area contributed by atoms with Gasteiger partial charge in [0, 0.05) is 6.61 Å². The summed E-state index contributed by atoms with van der Waals surface area (Å²) >= 11 is 0. The molecule has 1 N–H and O–H groups in total. The SMILES string of the molecule is CC1(n2cnc3cccc(C(=O)O)c32)CCOC1. The zero-order chi connectivity index (χ0) is 12.8. The van der Waals surface area contributed by atoms with Crippen LogP contribution in [0.5, 0.6) is 0 Å². The molecule has 94 valence electrons. The van der Waals surface area contributed by atoms with Gasteiger partial charge in [-0.15, -0.1) is 0 Å². The summed E-state index contributed by atoms with van der Waals surface area (Å²) in [6, 6.07) is 5.16. The van der Waals surface area contributed by atoms with Crippen molar-refractivity contribution in [3.63, 3.8) is 0 Å². The van der Waals surface area contributed by atoms with Crippen LogP contribution in [0.3, 0.4) is 0 Å². The number of hydrogen-bond acceptors (Lipinski definition) is 3. The number of rotatable bonds is 2. The molecule has 5 nitrogen and oxygen atoms in total. The molecule has 1 saturated heterocycles. The number of aromatic carboxylic acids is 1. The Kier molecular flexibility index (Phi) is 2.38. The Bertz CT molecular complexity index is 612. The lowest BCUT2D eigenvalue weighted by atomic mass is 10.0. The zero-order valence-electron chi connectivity index (χ0n) is 10.1. The summed E-state index contributed by atoms with van der Waals surface area (Å²) in [7, 11) is 0. The van der Waals surface area contributed by atoms with E-state index in [1.165, 1.54) is 0 Å². The minimum Gasteiger partial charge on any atom is -0.478 e. The molecule has 0 saturated carbocycles. The number of hydrogen-bond donors (Lipinski definition) is 1. The Morgan fingerprint density at radius 3 is 3.06 bits per heavy atom. The average Bonchev–Trinajstić information content (AvgIpc) is 2.95. The molecule has 18 heavy (non-hydrogen) atoms. The van der Waals surface area contributed by atoms with Crippen LogP contribution in [0.4, 0.5) is 0 Å². The number of carbonyl (C=O) groups is 1. The lowest BCUT2D eigenvalue weighted by molar-refractivity contribution is 0.0698. The number of para-hydroxylation sites is 1. The summed E-state index contributed by atoms with van der Waals surface area (Å²) in [5.41, 5.74) is 1.47. The first kappa shape index (κ1) is 11.2. The van der Waals surface area contributed by atoms with Gasteiger partial charge in [-0.25, -0.2) is 9.78 Å². The fraction of sp³-hybridized carbons (Fsp3) is 0.385. The lowest BCUT2D eigenvalue weighted by Crippen LogP contribution is -2.30. The first-order chi connectivity index (χ1) is 8.62. The van der Waals surface area contributed by atoms with Crippen LogP contribution in [0, 0.1) is 0 Å². The molecule has 1 aliphatic rings. The number of benzene rings is 1. The van der Waals surface area contributed by atoms with Crippen LogP contribution in [-0.4, -0.2) is 33.8 Å². The number of ether oxygens (including phenoxy) is 1. The molecule has 0 bridgehead atoms. The van der Waals surface area contributed by atoms with E-state index in [2.05, 4.69) is 11.9 Å². The molecule has 0 spiro atoms. The fourth-order valence-corrected chi connectivity index (χ4v) is 2.49. The minimum atomic E-state index is -0.926. The Balaban J connectivity index is 2.27. The van der Waals surface area contributed by atoms with E-state index >= 15 is 0 Å². The largest absolute Gasteiger partial charge is 0.478 e. The monoisotopic (exact) mass is 246 g/mol. The van der Waals surface area contributed by atoms with Crippen molar-refractivity contribution in [3.05, 3.63) is 30.1 Å². The summed E-state index contributed by atoms with van der Waals surface area (Å²) in [5.74, 6) is -0.926. The predicted octanol–water partition coefficient (Wildman–Crippen LogP) is 1.87. The van der Waals surface area contributed by atoms with E-state index in [1.54, 1.807) is 18.5 Å². The number of carboxylic acid groups (broad SMARTS) is 1. The second-order valence-electron chi connectivity index (χ2n) is 4.89. The van der Waals surface area contributed by atoms with Crippen molar-refractivity contribution >= 4 is 17.0 Å². The fourth-order valence-electron chi connectivity index (χ4n) is 2.49. The molecule has 1 aromatic carbocycles. The van der Waals surface area contributed by atoms with E-state index in [0.29, 0.717) is 24.2 Å². The quantitative estimate of drug-likeness (QED) is 0.878. The highest BCUT2D eigenvalue weighted by atomic mass is 16.5. The van der Waals surface area contributed by atoms with Crippen LogP contribution in [0.25, 0.3) is 11.0 Å². The molecular weight excluding hydrogens is 232 g/mol. The molecular formula is C13H14N2O3. The normalized spacial score (nSPS) is 23.6. The maximum atomic E-state index is 11.3. The van der Waals surface area contributed by atoms with Crippen LogP contribution in [-0.2, 0) is 10.3 Å². The highest BCUT2D eigenvalue weighted by Crippen LogP contribution is 2.31. The topological polar surface area (TPSA) is 64.4 Å². The molecule has 1 aromatic heterocycles. The average molecular weight is 246 g/mol. The zero-order valence-corrected chi connectivity index (χ0v) is 10.1. The maximum Gasteiger partial charge on any atom is 0.337 e. The van der Waals surface area contributed by atoms with Crippen LogP contribution < -0.4 is 0 Å². The molecule has 0 amide bonds. The first-order valence-electron chi connectivity index (χ1n) is 5.89. The van der Waals surface area contributed by atoms with Crippen LogP contribution in [0.2, 0.25) is 0 Å². The van der Waals surface area contributed by atoms with Crippen molar-refractivity contribution in [2.45, 2.75) is 18.9 Å². The van der Waals surface area contributed by atoms with Crippen LogP contribution >= 0.6 is 0 Å². The molecule has 0 aliphatic carbocycles. The summed E-state index contributed by atoms with van der Waals surface area (Å²) in [5, 5.41) is 9.28. The van der Waals surface area contributed by atoms with Gasteiger partial charge in [0.05, 0.1) is 35.1 Å². The van der Waals surface area contributed by atoms with Gasteiger partial charge in [-0.3, -0.25) is 0 Å². The van der Waals surface area contributed by atoms with Gasteiger partial charge >= 0.3 is 5.97 Å². The summed E-state index contributed by atoms with van der Waals surface area (Å²) in [6.45, 7) is 3.36. The van der Waals surface area contributed by atoms with Gasteiger partial charge in [-0.1, -0.05) is 6.07 Å². The van der Waals surface area contributed by atoms with Gasteiger partial charge < -0.3 is 14.4 Å². The molecule has 2 aromatic rings. The van der Waals surface area contributed by atoms with E-state index in [4.69, 9.17) is 4.74 Å². The van der Waals surface area contributed by atoms with Crippen molar-refractivity contribution in [1.29, 1.82) is 0 Å². The smallest absolute Gasteiger partial charge is 0.337 e.